The monoisotopic (exact) mass is 347 g/mol. The van der Waals surface area contributed by atoms with Crippen molar-refractivity contribution in [3.05, 3.63) is 23.2 Å². The molecule has 0 aliphatic heterocycles. The summed E-state index contributed by atoms with van der Waals surface area (Å²) in [7, 11) is -4.57. The molecule has 1 rings (SSSR count). The van der Waals surface area contributed by atoms with Crippen LogP contribution in [0.4, 0.5) is 13.2 Å². The minimum absolute atomic E-state index is 0.159. The number of nitrogens with one attached hydrogen (secondary N) is 1. The Bertz CT molecular complexity index is 647. The van der Waals surface area contributed by atoms with Crippen molar-refractivity contribution in [3.8, 4) is 5.75 Å². The molecule has 0 aliphatic carbocycles. The van der Waals surface area contributed by atoms with Gasteiger partial charge in [-0.25, -0.2) is 8.42 Å². The van der Waals surface area contributed by atoms with Crippen molar-refractivity contribution >= 4 is 27.6 Å². The number of sulfonamides is 1. The van der Waals surface area contributed by atoms with Crippen LogP contribution in [0.15, 0.2) is 23.1 Å². The lowest BCUT2D eigenvalue weighted by Crippen LogP contribution is -2.38. The van der Waals surface area contributed by atoms with Crippen LogP contribution < -0.4 is 9.46 Å². The molecule has 1 atom stereocenters. The molecule has 1 aromatic carbocycles. The van der Waals surface area contributed by atoms with Crippen molar-refractivity contribution in [1.82, 2.24) is 4.72 Å². The van der Waals surface area contributed by atoms with Crippen LogP contribution in [-0.4, -0.2) is 31.9 Å². The number of carboxylic acids is 1. The fraction of sp³-hybridized carbons (Fsp3) is 0.300. The summed E-state index contributed by atoms with van der Waals surface area (Å²) in [5, 5.41) is 8.48. The van der Waals surface area contributed by atoms with E-state index in [-0.39, 0.29) is 5.02 Å². The first-order chi connectivity index (χ1) is 9.42. The fourth-order valence-electron chi connectivity index (χ4n) is 1.25. The standard InChI is InChI=1S/C10H9ClF3NO5S/c1-5(9(16)17)15-21(18,19)8-4-6(11)2-3-7(8)20-10(12,13)14/h2-5,15H,1H3,(H,16,17). The van der Waals surface area contributed by atoms with E-state index in [0.29, 0.717) is 0 Å². The molecule has 1 unspecified atom stereocenters. The average Bonchev–Trinajstić information content (AvgIpc) is 2.28. The largest absolute Gasteiger partial charge is 0.573 e. The number of carbonyl (C=O) groups is 1. The van der Waals surface area contributed by atoms with Crippen LogP contribution in [0.5, 0.6) is 5.75 Å². The topological polar surface area (TPSA) is 92.7 Å². The number of aliphatic carboxylic acids is 1. The van der Waals surface area contributed by atoms with Gasteiger partial charge in [-0.05, 0) is 25.1 Å². The molecule has 0 aromatic heterocycles. The van der Waals surface area contributed by atoms with Crippen LogP contribution in [0.3, 0.4) is 0 Å². The summed E-state index contributed by atoms with van der Waals surface area (Å²) < 4.78 is 65.8. The fourth-order valence-corrected chi connectivity index (χ4v) is 2.83. The number of ether oxygens (including phenoxy) is 1. The van der Waals surface area contributed by atoms with E-state index in [2.05, 4.69) is 4.74 Å². The Morgan fingerprint density at radius 2 is 2.00 bits per heavy atom. The maximum Gasteiger partial charge on any atom is 0.573 e. The molecule has 0 aliphatic rings. The number of alkyl halides is 3. The van der Waals surface area contributed by atoms with Crippen molar-refractivity contribution in [1.29, 1.82) is 0 Å². The van der Waals surface area contributed by atoms with Crippen molar-refractivity contribution in [2.45, 2.75) is 24.2 Å². The third-order valence-electron chi connectivity index (χ3n) is 2.12. The molecule has 11 heteroatoms. The van der Waals surface area contributed by atoms with Crippen LogP contribution in [0.25, 0.3) is 0 Å². The molecule has 1 aromatic rings. The minimum atomic E-state index is -5.11. The Labute approximate surface area is 122 Å². The van der Waals surface area contributed by atoms with Gasteiger partial charge in [-0.3, -0.25) is 4.79 Å². The Balaban J connectivity index is 3.27. The number of hydrogen-bond acceptors (Lipinski definition) is 4. The summed E-state index contributed by atoms with van der Waals surface area (Å²) in [5.41, 5.74) is 0. The second-order valence-corrected chi connectivity index (χ2v) is 5.94. The van der Waals surface area contributed by atoms with E-state index in [1.54, 1.807) is 4.72 Å². The normalized spacial score (nSPS) is 13.8. The molecule has 0 radical (unpaired) electrons. The van der Waals surface area contributed by atoms with Crippen molar-refractivity contribution in [2.24, 2.45) is 0 Å². The van der Waals surface area contributed by atoms with Crippen molar-refractivity contribution in [3.63, 3.8) is 0 Å². The van der Waals surface area contributed by atoms with Crippen LogP contribution >= 0.6 is 11.6 Å². The first kappa shape index (κ1) is 17.5. The highest BCUT2D eigenvalue weighted by atomic mass is 35.5. The zero-order valence-corrected chi connectivity index (χ0v) is 11.9. The summed E-state index contributed by atoms with van der Waals surface area (Å²) in [5.74, 6) is -2.52. The van der Waals surface area contributed by atoms with Gasteiger partial charge >= 0.3 is 12.3 Å². The lowest BCUT2D eigenvalue weighted by atomic mass is 10.3. The molecule has 2 N–H and O–H groups in total. The van der Waals surface area contributed by atoms with E-state index in [0.717, 1.165) is 25.1 Å². The second kappa shape index (κ2) is 6.08. The van der Waals surface area contributed by atoms with Crippen LogP contribution in [0.1, 0.15) is 6.92 Å². The minimum Gasteiger partial charge on any atom is -0.480 e. The highest BCUT2D eigenvalue weighted by Crippen LogP contribution is 2.31. The maximum absolute atomic E-state index is 12.2. The smallest absolute Gasteiger partial charge is 0.480 e. The predicted octanol–water partition coefficient (Wildman–Crippen LogP) is 1.99. The lowest BCUT2D eigenvalue weighted by Gasteiger charge is -2.15. The molecule has 6 nitrogen and oxygen atoms in total. The Morgan fingerprint density at radius 3 is 2.48 bits per heavy atom. The molecular formula is C10H9ClF3NO5S. The molecular weight excluding hydrogens is 339 g/mol. The van der Waals surface area contributed by atoms with Crippen LogP contribution in [0, 0.1) is 0 Å². The summed E-state index contributed by atoms with van der Waals surface area (Å²) in [6.45, 7) is 1.01. The van der Waals surface area contributed by atoms with E-state index in [9.17, 15) is 26.4 Å². The molecule has 0 heterocycles. The van der Waals surface area contributed by atoms with E-state index >= 15 is 0 Å². The van der Waals surface area contributed by atoms with Gasteiger partial charge in [0, 0.05) is 5.02 Å². The van der Waals surface area contributed by atoms with Gasteiger partial charge in [-0.15, -0.1) is 13.2 Å². The van der Waals surface area contributed by atoms with Crippen molar-refractivity contribution < 1.29 is 36.2 Å². The highest BCUT2D eigenvalue weighted by Gasteiger charge is 2.34. The number of halogens is 4. The van der Waals surface area contributed by atoms with Gasteiger partial charge in [0.15, 0.2) is 0 Å². The van der Waals surface area contributed by atoms with Gasteiger partial charge in [0.05, 0.1) is 0 Å². The number of hydrogen-bond donors (Lipinski definition) is 2. The zero-order valence-electron chi connectivity index (χ0n) is 10.3. The third-order valence-corrected chi connectivity index (χ3v) is 3.92. The Kier molecular flexibility index (Phi) is 5.07. The molecule has 118 valence electrons. The highest BCUT2D eigenvalue weighted by molar-refractivity contribution is 7.89. The third kappa shape index (κ3) is 5.06. The van der Waals surface area contributed by atoms with Gasteiger partial charge in [0.1, 0.15) is 16.7 Å². The van der Waals surface area contributed by atoms with Crippen LogP contribution in [-0.2, 0) is 14.8 Å². The molecule has 0 bridgehead atoms. The van der Waals surface area contributed by atoms with E-state index in [1.807, 2.05) is 0 Å². The van der Waals surface area contributed by atoms with Gasteiger partial charge in [0.2, 0.25) is 10.0 Å². The predicted molar refractivity (Wildman–Crippen MR) is 65.6 cm³/mol. The summed E-state index contributed by atoms with van der Waals surface area (Å²) in [6, 6.07) is 0.894. The van der Waals surface area contributed by atoms with Gasteiger partial charge in [-0.2, -0.15) is 4.72 Å². The molecule has 0 amide bonds. The lowest BCUT2D eigenvalue weighted by molar-refractivity contribution is -0.275. The second-order valence-electron chi connectivity index (χ2n) is 3.82. The van der Waals surface area contributed by atoms with Gasteiger partial charge in [0.25, 0.3) is 0 Å². The van der Waals surface area contributed by atoms with Gasteiger partial charge < -0.3 is 9.84 Å². The summed E-state index contributed by atoms with van der Waals surface area (Å²) in [4.78, 5) is 9.71. The van der Waals surface area contributed by atoms with Crippen LogP contribution in [0.2, 0.25) is 5.02 Å². The number of benzene rings is 1. The molecule has 0 spiro atoms. The van der Waals surface area contributed by atoms with E-state index in [4.69, 9.17) is 16.7 Å². The van der Waals surface area contributed by atoms with E-state index < -0.39 is 39.0 Å². The first-order valence-corrected chi connectivity index (χ1v) is 7.09. The van der Waals surface area contributed by atoms with Gasteiger partial charge in [-0.1, -0.05) is 11.6 Å². The zero-order chi connectivity index (χ0) is 16.4. The Morgan fingerprint density at radius 1 is 1.43 bits per heavy atom. The average molecular weight is 348 g/mol. The summed E-state index contributed by atoms with van der Waals surface area (Å²) >= 11 is 5.55. The molecule has 0 saturated heterocycles. The molecule has 21 heavy (non-hydrogen) atoms. The SMILES string of the molecule is CC(NS(=O)(=O)c1cc(Cl)ccc1OC(F)(F)F)C(=O)O. The first-order valence-electron chi connectivity index (χ1n) is 5.23. The molecule has 0 saturated carbocycles. The quantitative estimate of drug-likeness (QED) is 0.849. The number of rotatable bonds is 5. The number of carboxylic acid groups (broad SMARTS) is 1. The molecule has 0 fully saturated rings. The summed E-state index contributed by atoms with van der Waals surface area (Å²) in [6.07, 6.45) is -5.11. The van der Waals surface area contributed by atoms with Crippen molar-refractivity contribution in [2.75, 3.05) is 0 Å². The Hall–Kier alpha value is -1.52. The van der Waals surface area contributed by atoms with E-state index in [1.165, 1.54) is 0 Å². The maximum atomic E-state index is 12.2.